The first-order valence-electron chi connectivity index (χ1n) is 16.5. The first-order chi connectivity index (χ1) is 22.8. The van der Waals surface area contributed by atoms with Gasteiger partial charge in [-0.2, -0.15) is 4.58 Å². The fraction of sp³-hybridized carbons (Fsp3) is 0.472. The molecule has 0 fully saturated rings. The number of anilines is 1. The zero-order valence-electron chi connectivity index (χ0n) is 28.8. The van der Waals surface area contributed by atoms with Crippen LogP contribution < -0.4 is 10.2 Å². The Hall–Kier alpha value is -3.65. The summed E-state index contributed by atoms with van der Waals surface area (Å²) in [7, 11) is -8.63. The van der Waals surface area contributed by atoms with Gasteiger partial charge in [-0.05, 0) is 69.9 Å². The van der Waals surface area contributed by atoms with Crippen molar-refractivity contribution in [2.24, 2.45) is 0 Å². The molecule has 0 spiro atoms. The fourth-order valence-electron chi connectivity index (χ4n) is 6.72. The summed E-state index contributed by atoms with van der Waals surface area (Å²) in [4.78, 5) is 26.4. The highest BCUT2D eigenvalue weighted by Crippen LogP contribution is 2.48. The van der Waals surface area contributed by atoms with Crippen molar-refractivity contribution in [1.29, 1.82) is 0 Å². The van der Waals surface area contributed by atoms with Crippen LogP contribution in [0.4, 0.5) is 11.4 Å². The number of rotatable bonds is 16. The van der Waals surface area contributed by atoms with Gasteiger partial charge in [-0.1, -0.05) is 38.1 Å². The van der Waals surface area contributed by atoms with Crippen LogP contribution in [0.5, 0.6) is 0 Å². The monoisotopic (exact) mass is 712 g/mol. The van der Waals surface area contributed by atoms with Gasteiger partial charge in [0.2, 0.25) is 5.69 Å². The van der Waals surface area contributed by atoms with Crippen LogP contribution in [-0.2, 0) is 35.9 Å². The smallest absolute Gasteiger partial charge is 0.251 e. The number of Topliss-reactive ketones (excluding diaryl/α,β-unsaturated/α-hetero) is 1. The highest BCUT2D eigenvalue weighted by Gasteiger charge is 2.44. The lowest BCUT2D eigenvalue weighted by Crippen LogP contribution is -2.28. The second-order valence-corrected chi connectivity index (χ2v) is 16.8. The zero-order chi connectivity index (χ0) is 36.2. The molecule has 49 heavy (non-hydrogen) atoms. The van der Waals surface area contributed by atoms with Crippen LogP contribution in [0.1, 0.15) is 88.2 Å². The van der Waals surface area contributed by atoms with Crippen molar-refractivity contribution in [3.05, 3.63) is 83.1 Å². The number of nitrogens with zero attached hydrogens (tertiary/aromatic N) is 2. The number of allylic oxidation sites excluding steroid dienone is 4. The highest BCUT2D eigenvalue weighted by molar-refractivity contribution is 7.85. The average Bonchev–Trinajstić information content (AvgIpc) is 3.34. The standard InChI is InChI=1S/C36H47N3O8S2/c1-26(40)19-20-37-34(41)27-17-18-31-29(25-27)36(4,5)33(39(31)22-9-11-24-49(45,46)47)16-12-15-32-35(2,3)28-13-6-7-14-30(28)38(32)21-8-10-23-48(42,43)44/h6-7,12-18,25H,8-11,19-24H2,1-5H3,(H2-,37,41,42,43,44,45,46,47)/p-1. The lowest BCUT2D eigenvalue weighted by atomic mass is 9.81. The van der Waals surface area contributed by atoms with Crippen molar-refractivity contribution in [2.75, 3.05) is 36.0 Å². The third-order valence-electron chi connectivity index (χ3n) is 9.28. The molecule has 1 N–H and O–H groups in total. The topological polar surface area (TPSA) is 167 Å². The molecule has 0 saturated carbocycles. The number of carbonyl (C=O) groups excluding carboxylic acids is 2. The van der Waals surface area contributed by atoms with Crippen molar-refractivity contribution < 1.29 is 40.1 Å². The minimum absolute atomic E-state index is 0.0144. The van der Waals surface area contributed by atoms with E-state index in [1.54, 1.807) is 6.07 Å². The molecule has 0 bridgehead atoms. The lowest BCUT2D eigenvalue weighted by Gasteiger charge is -2.27. The molecule has 2 aliphatic rings. The Labute approximate surface area is 290 Å². The number of benzene rings is 2. The van der Waals surface area contributed by atoms with Gasteiger partial charge < -0.3 is 19.3 Å². The average molecular weight is 713 g/mol. The molecule has 0 saturated heterocycles. The van der Waals surface area contributed by atoms with Gasteiger partial charge in [0.1, 0.15) is 12.3 Å². The number of para-hydroxylation sites is 1. The van der Waals surface area contributed by atoms with E-state index in [2.05, 4.69) is 48.6 Å². The van der Waals surface area contributed by atoms with Crippen LogP contribution in [0.2, 0.25) is 0 Å². The second kappa shape index (κ2) is 15.1. The van der Waals surface area contributed by atoms with Crippen LogP contribution in [0.25, 0.3) is 0 Å². The summed E-state index contributed by atoms with van der Waals surface area (Å²) < 4.78 is 69.6. The SMILES string of the molecule is CC(=O)CCNC(=O)c1ccc2c(c1)C(C)(C)/C(=C\C=C\C1=[N+](CCCCS(=O)(=O)[O-])c3ccccc3C1(C)C)N2CCCCS(=O)(=O)[O-]. The Morgan fingerprint density at radius 3 is 2.18 bits per heavy atom. The minimum Gasteiger partial charge on any atom is -0.748 e. The molecular formula is C36H46N3O8S2-. The largest absolute Gasteiger partial charge is 0.748 e. The number of hydrogen-bond donors (Lipinski definition) is 1. The molecular weight excluding hydrogens is 667 g/mol. The summed E-state index contributed by atoms with van der Waals surface area (Å²) in [6.07, 6.45) is 7.74. The Morgan fingerprint density at radius 1 is 0.878 bits per heavy atom. The predicted molar refractivity (Wildman–Crippen MR) is 189 cm³/mol. The molecule has 0 aliphatic carbocycles. The Bertz CT molecular complexity index is 1910. The lowest BCUT2D eigenvalue weighted by molar-refractivity contribution is -0.438. The summed E-state index contributed by atoms with van der Waals surface area (Å²) in [5.41, 5.74) is 5.45. The van der Waals surface area contributed by atoms with E-state index in [1.165, 1.54) is 6.92 Å². The van der Waals surface area contributed by atoms with Gasteiger partial charge in [0.15, 0.2) is 5.71 Å². The van der Waals surface area contributed by atoms with Gasteiger partial charge in [-0.15, -0.1) is 0 Å². The van der Waals surface area contributed by atoms with Gasteiger partial charge >= 0.3 is 0 Å². The summed E-state index contributed by atoms with van der Waals surface area (Å²) >= 11 is 0. The van der Waals surface area contributed by atoms with Crippen LogP contribution in [-0.4, -0.2) is 79.1 Å². The quantitative estimate of drug-likeness (QED) is 0.148. The summed E-state index contributed by atoms with van der Waals surface area (Å²) in [5.74, 6) is -1.15. The first-order valence-corrected chi connectivity index (χ1v) is 19.7. The van der Waals surface area contributed by atoms with E-state index in [9.17, 15) is 35.5 Å². The Morgan fingerprint density at radius 2 is 1.53 bits per heavy atom. The molecule has 0 unspecified atom stereocenters. The third kappa shape index (κ3) is 9.33. The number of unbranched alkanes of at least 4 members (excludes halogenated alkanes) is 2. The first kappa shape index (κ1) is 38.2. The molecule has 266 valence electrons. The summed E-state index contributed by atoms with van der Waals surface area (Å²) in [5, 5.41) is 2.80. The molecule has 0 aromatic heterocycles. The molecule has 2 aromatic rings. The third-order valence-corrected chi connectivity index (χ3v) is 10.9. The van der Waals surface area contributed by atoms with Crippen molar-refractivity contribution in [1.82, 2.24) is 5.32 Å². The van der Waals surface area contributed by atoms with Crippen LogP contribution in [0.3, 0.4) is 0 Å². The number of nitrogens with one attached hydrogen (secondary N) is 1. The van der Waals surface area contributed by atoms with E-state index in [4.69, 9.17) is 0 Å². The fourth-order valence-corrected chi connectivity index (χ4v) is 7.84. The van der Waals surface area contributed by atoms with Crippen molar-refractivity contribution in [3.63, 3.8) is 0 Å². The maximum absolute atomic E-state index is 13.0. The van der Waals surface area contributed by atoms with E-state index in [0.29, 0.717) is 31.5 Å². The van der Waals surface area contributed by atoms with Crippen LogP contribution >= 0.6 is 0 Å². The minimum atomic E-state index is -4.34. The Kier molecular flexibility index (Phi) is 11.7. The number of ketones is 1. The van der Waals surface area contributed by atoms with Crippen molar-refractivity contribution >= 4 is 49.0 Å². The van der Waals surface area contributed by atoms with Gasteiger partial charge in [0.25, 0.3) is 5.91 Å². The second-order valence-electron chi connectivity index (χ2n) is 13.7. The Balaban J connectivity index is 1.69. The van der Waals surface area contributed by atoms with E-state index in [-0.39, 0.29) is 42.9 Å². The summed E-state index contributed by atoms with van der Waals surface area (Å²) in [6, 6.07) is 13.5. The maximum atomic E-state index is 13.0. The number of fused-ring (bicyclic) bond motifs is 2. The van der Waals surface area contributed by atoms with Gasteiger partial charge in [0, 0.05) is 77.5 Å². The van der Waals surface area contributed by atoms with E-state index >= 15 is 0 Å². The molecule has 4 rings (SSSR count). The molecule has 13 heteroatoms. The molecule has 11 nitrogen and oxygen atoms in total. The normalized spacial score (nSPS) is 17.5. The highest BCUT2D eigenvalue weighted by atomic mass is 32.2. The van der Waals surface area contributed by atoms with Gasteiger partial charge in [-0.3, -0.25) is 9.59 Å². The molecule has 2 heterocycles. The van der Waals surface area contributed by atoms with E-state index < -0.39 is 37.2 Å². The predicted octanol–water partition coefficient (Wildman–Crippen LogP) is 4.66. The van der Waals surface area contributed by atoms with Gasteiger partial charge in [-0.25, -0.2) is 16.8 Å². The van der Waals surface area contributed by atoms with E-state index in [1.807, 2.05) is 48.6 Å². The van der Waals surface area contributed by atoms with E-state index in [0.717, 1.165) is 33.9 Å². The molecule has 1 amide bonds. The molecule has 0 radical (unpaired) electrons. The molecule has 0 atom stereocenters. The molecule has 2 aliphatic heterocycles. The van der Waals surface area contributed by atoms with Crippen molar-refractivity contribution in [2.45, 2.75) is 77.6 Å². The molecule has 2 aromatic carbocycles. The number of hydrogen-bond acceptors (Lipinski definition) is 9. The van der Waals surface area contributed by atoms with Crippen LogP contribution in [0.15, 0.2) is 66.4 Å². The number of carbonyl (C=O) groups is 2. The maximum Gasteiger partial charge on any atom is 0.251 e. The van der Waals surface area contributed by atoms with Gasteiger partial charge in [0.05, 0.1) is 25.7 Å². The van der Waals surface area contributed by atoms with Crippen molar-refractivity contribution in [3.8, 4) is 0 Å². The zero-order valence-corrected chi connectivity index (χ0v) is 30.5. The summed E-state index contributed by atoms with van der Waals surface area (Å²) in [6.45, 7) is 11.1. The number of amides is 1. The van der Waals surface area contributed by atoms with Crippen LogP contribution in [0, 0.1) is 0 Å².